The van der Waals surface area contributed by atoms with Gasteiger partial charge in [0.15, 0.2) is 17.3 Å². The lowest BCUT2D eigenvalue weighted by atomic mass is 9.86. The molecule has 0 bridgehead atoms. The lowest BCUT2D eigenvalue weighted by Crippen LogP contribution is -2.78. The molecule has 1 N–H and O–H groups in total. The minimum Gasteiger partial charge on any atom is -0.364 e. The number of hydrogen-bond donors (Lipinski definition) is 1. The van der Waals surface area contributed by atoms with Crippen molar-refractivity contribution in [2.24, 2.45) is 4.36 Å². The fraction of sp³-hybridized carbons (Fsp3) is 0.308. The van der Waals surface area contributed by atoms with Crippen LogP contribution in [0.1, 0.15) is 0 Å². The Morgan fingerprint density at radius 1 is 1.13 bits per heavy atom. The molecule has 6 rings (SSSR count). The number of hydrogen-bond acceptors (Lipinski definition) is 9. The van der Waals surface area contributed by atoms with Gasteiger partial charge in [0.2, 0.25) is 5.95 Å². The van der Waals surface area contributed by atoms with Crippen LogP contribution in [-0.2, 0) is 16.3 Å². The van der Waals surface area contributed by atoms with Crippen LogP contribution in [0.5, 0.6) is 0 Å². The average Bonchev–Trinajstić information content (AvgIpc) is 3.13. The van der Waals surface area contributed by atoms with Crippen molar-refractivity contribution >= 4 is 43.9 Å². The first-order valence-corrected chi connectivity index (χ1v) is 14.6. The molecule has 11 nitrogen and oxygen atoms in total. The molecule has 2 saturated heterocycles. The highest BCUT2D eigenvalue weighted by atomic mass is 32.2. The van der Waals surface area contributed by atoms with E-state index in [2.05, 4.69) is 60.2 Å². The molecule has 196 valence electrons. The van der Waals surface area contributed by atoms with Crippen molar-refractivity contribution in [2.45, 2.75) is 18.6 Å². The van der Waals surface area contributed by atoms with Gasteiger partial charge in [0.25, 0.3) is 5.56 Å². The lowest BCUT2D eigenvalue weighted by Gasteiger charge is -2.62. The third-order valence-electron chi connectivity index (χ3n) is 6.95. The van der Waals surface area contributed by atoms with Crippen LogP contribution in [0.4, 0.5) is 23.1 Å². The topological polar surface area (TPSA) is 114 Å². The molecule has 3 aromatic heterocycles. The standard InChI is InChI=1S/C26H29N9O2S/c1-5-13-34-25(36)19-14-27-26(28-17-9-11-18(12-10-17)33-16-20-21(33)15-32(20)2)30-24(19)35(34)23-8-6-7-22(29-23)31-38(3,4)37/h5-12,14,20-21H,1,13,15-16H2,2-4H3,(H,27,28,30)/t20?,21-/m1/s1. The number of nitrogens with zero attached hydrogens (tertiary/aromatic N) is 8. The first-order chi connectivity index (χ1) is 18.2. The van der Waals surface area contributed by atoms with Crippen LogP contribution in [0.2, 0.25) is 0 Å². The van der Waals surface area contributed by atoms with Crippen LogP contribution in [0.3, 0.4) is 0 Å². The second kappa shape index (κ2) is 9.07. The minimum absolute atomic E-state index is 0.245. The Kier molecular flexibility index (Phi) is 5.80. The molecule has 38 heavy (non-hydrogen) atoms. The number of nitrogens with one attached hydrogen (secondary N) is 1. The third kappa shape index (κ3) is 4.25. The highest BCUT2D eigenvalue weighted by Gasteiger charge is 2.49. The van der Waals surface area contributed by atoms with E-state index in [1.54, 1.807) is 41.5 Å². The molecular formula is C26H29N9O2S. The number of pyridine rings is 1. The maximum absolute atomic E-state index is 13.2. The van der Waals surface area contributed by atoms with Crippen molar-refractivity contribution in [1.82, 2.24) is 29.2 Å². The van der Waals surface area contributed by atoms with Crippen LogP contribution in [0.25, 0.3) is 16.9 Å². The van der Waals surface area contributed by atoms with Gasteiger partial charge in [-0.05, 0) is 43.4 Å². The summed E-state index contributed by atoms with van der Waals surface area (Å²) in [6.45, 7) is 6.19. The predicted molar refractivity (Wildman–Crippen MR) is 150 cm³/mol. The van der Waals surface area contributed by atoms with E-state index in [1.165, 1.54) is 16.6 Å². The smallest absolute Gasteiger partial charge is 0.278 e. The fourth-order valence-corrected chi connectivity index (χ4v) is 5.60. The van der Waals surface area contributed by atoms with Crippen molar-refractivity contribution < 1.29 is 4.21 Å². The monoisotopic (exact) mass is 531 g/mol. The summed E-state index contributed by atoms with van der Waals surface area (Å²) in [6, 6.07) is 14.7. The molecule has 2 aliphatic rings. The average molecular weight is 532 g/mol. The van der Waals surface area contributed by atoms with E-state index in [0.29, 0.717) is 40.7 Å². The number of benzene rings is 1. The zero-order valence-electron chi connectivity index (χ0n) is 21.5. The zero-order valence-corrected chi connectivity index (χ0v) is 22.3. The Labute approximate surface area is 220 Å². The molecule has 0 amide bonds. The molecule has 5 heterocycles. The lowest BCUT2D eigenvalue weighted by molar-refractivity contribution is 0.0369. The van der Waals surface area contributed by atoms with Crippen molar-refractivity contribution in [1.29, 1.82) is 0 Å². The predicted octanol–water partition coefficient (Wildman–Crippen LogP) is 2.77. The number of aromatic nitrogens is 5. The van der Waals surface area contributed by atoms with Gasteiger partial charge in [-0.1, -0.05) is 12.1 Å². The van der Waals surface area contributed by atoms with E-state index in [4.69, 9.17) is 0 Å². The number of rotatable bonds is 7. The third-order valence-corrected chi connectivity index (χ3v) is 7.58. The van der Waals surface area contributed by atoms with Crippen LogP contribution < -0.4 is 15.8 Å². The molecule has 12 heteroatoms. The maximum atomic E-state index is 13.2. The highest BCUT2D eigenvalue weighted by molar-refractivity contribution is 7.92. The molecule has 0 saturated carbocycles. The van der Waals surface area contributed by atoms with E-state index in [0.717, 1.165) is 18.8 Å². The van der Waals surface area contributed by atoms with Crippen molar-refractivity contribution in [2.75, 3.05) is 42.9 Å². The molecule has 1 unspecified atom stereocenters. The number of allylic oxidation sites excluding steroid dienone is 1. The molecule has 0 aliphatic carbocycles. The summed E-state index contributed by atoms with van der Waals surface area (Å²) in [5, 5.41) is 3.60. The van der Waals surface area contributed by atoms with Gasteiger partial charge in [-0.2, -0.15) is 9.35 Å². The second-order valence-electron chi connectivity index (χ2n) is 9.94. The van der Waals surface area contributed by atoms with Gasteiger partial charge in [0.05, 0.1) is 12.6 Å². The zero-order chi connectivity index (χ0) is 26.6. The van der Waals surface area contributed by atoms with Crippen LogP contribution in [-0.4, -0.2) is 78.2 Å². The molecular weight excluding hydrogens is 502 g/mol. The van der Waals surface area contributed by atoms with E-state index in [-0.39, 0.29) is 12.1 Å². The summed E-state index contributed by atoms with van der Waals surface area (Å²) in [7, 11) is -0.239. The summed E-state index contributed by atoms with van der Waals surface area (Å²) >= 11 is 0. The van der Waals surface area contributed by atoms with Gasteiger partial charge in [0.1, 0.15) is 5.39 Å². The van der Waals surface area contributed by atoms with Gasteiger partial charge < -0.3 is 10.2 Å². The normalized spacial score (nSPS) is 19.0. The number of likely N-dealkylation sites (tertiary alicyclic amines) is 1. The van der Waals surface area contributed by atoms with E-state index >= 15 is 0 Å². The molecule has 4 aromatic rings. The number of fused-ring (bicyclic) bond motifs is 2. The first kappa shape index (κ1) is 24.3. The Morgan fingerprint density at radius 3 is 2.58 bits per heavy atom. The summed E-state index contributed by atoms with van der Waals surface area (Å²) < 4.78 is 19.5. The maximum Gasteiger partial charge on any atom is 0.278 e. The van der Waals surface area contributed by atoms with Crippen molar-refractivity contribution in [3.05, 3.63) is 71.7 Å². The van der Waals surface area contributed by atoms with E-state index in [9.17, 15) is 9.00 Å². The Hall–Kier alpha value is -4.03. The molecule has 2 aliphatic heterocycles. The number of piperazine rings is 1. The first-order valence-electron chi connectivity index (χ1n) is 12.3. The Balaban J connectivity index is 1.34. The Bertz CT molecular complexity index is 1730. The number of likely N-dealkylation sites (N-methyl/N-ethyl adjacent to an activating group) is 1. The molecule has 0 spiro atoms. The highest BCUT2D eigenvalue weighted by Crippen LogP contribution is 2.36. The summed E-state index contributed by atoms with van der Waals surface area (Å²) in [5.41, 5.74) is 2.18. The summed E-state index contributed by atoms with van der Waals surface area (Å²) in [6.07, 6.45) is 6.24. The fourth-order valence-electron chi connectivity index (χ4n) is 5.05. The van der Waals surface area contributed by atoms with Crippen molar-refractivity contribution in [3.8, 4) is 5.82 Å². The van der Waals surface area contributed by atoms with Crippen LogP contribution in [0, 0.1) is 0 Å². The minimum atomic E-state index is -2.41. The Morgan fingerprint density at radius 2 is 1.92 bits per heavy atom. The van der Waals surface area contributed by atoms with Gasteiger partial charge in [-0.15, -0.1) is 6.58 Å². The van der Waals surface area contributed by atoms with Gasteiger partial charge in [-0.3, -0.25) is 9.69 Å². The largest absolute Gasteiger partial charge is 0.364 e. The molecule has 1 aromatic carbocycles. The van der Waals surface area contributed by atoms with Crippen LogP contribution in [0.15, 0.2) is 70.5 Å². The molecule has 2 atom stereocenters. The van der Waals surface area contributed by atoms with Gasteiger partial charge in [0, 0.05) is 58.9 Å². The van der Waals surface area contributed by atoms with Crippen LogP contribution >= 0.6 is 0 Å². The van der Waals surface area contributed by atoms with E-state index in [1.807, 2.05) is 12.1 Å². The van der Waals surface area contributed by atoms with E-state index < -0.39 is 9.73 Å². The van der Waals surface area contributed by atoms with Gasteiger partial charge >= 0.3 is 0 Å². The SMILES string of the molecule is C=CCn1c(=O)c2cnc(Nc3ccc(N4CC5[C@H]4CN5C)cc3)nc2n1-c1cccc(N=S(C)(C)=O)n1. The number of anilines is 3. The summed E-state index contributed by atoms with van der Waals surface area (Å²) in [5.74, 6) is 1.09. The summed E-state index contributed by atoms with van der Waals surface area (Å²) in [4.78, 5) is 31.6. The van der Waals surface area contributed by atoms with Crippen molar-refractivity contribution in [3.63, 3.8) is 0 Å². The molecule has 0 radical (unpaired) electrons. The molecule has 2 fully saturated rings. The second-order valence-corrected chi connectivity index (χ2v) is 12.5. The quantitative estimate of drug-likeness (QED) is 0.362. The van der Waals surface area contributed by atoms with Gasteiger partial charge in [-0.25, -0.2) is 23.5 Å².